The lowest BCUT2D eigenvalue weighted by Crippen LogP contribution is -3.14. The number of hydrogen-bond acceptors (Lipinski definition) is 4. The topological polar surface area (TPSA) is 62.6 Å². The molecule has 1 aromatic carbocycles. The second-order valence-corrected chi connectivity index (χ2v) is 8.43. The first-order valence-corrected chi connectivity index (χ1v) is 10.6. The molecular weight excluding hydrogens is 378 g/mol. The molecule has 138 valence electrons. The molecule has 3 amide bonds. The quantitative estimate of drug-likeness (QED) is 0.633. The third-order valence-corrected chi connectivity index (χ3v) is 6.61. The lowest BCUT2D eigenvalue weighted by molar-refractivity contribution is -0.919. The van der Waals surface area contributed by atoms with Crippen molar-refractivity contribution < 1.29 is 14.5 Å². The Kier molecular flexibility index (Phi) is 5.33. The Morgan fingerprint density at radius 2 is 1.89 bits per heavy atom. The van der Waals surface area contributed by atoms with Gasteiger partial charge in [-0.1, -0.05) is 24.3 Å². The molecule has 0 radical (unpaired) electrons. The maximum Gasteiger partial charge on any atom is 0.326 e. The van der Waals surface area contributed by atoms with Gasteiger partial charge in [0.15, 0.2) is 6.54 Å². The van der Waals surface area contributed by atoms with Crippen LogP contribution in [0.3, 0.4) is 0 Å². The van der Waals surface area contributed by atoms with Crippen LogP contribution in [0, 0.1) is 0 Å². The van der Waals surface area contributed by atoms with Crippen molar-refractivity contribution in [3.63, 3.8) is 0 Å². The Morgan fingerprint density at radius 1 is 1.04 bits per heavy atom. The fourth-order valence-electron chi connectivity index (χ4n) is 3.51. The number of carbonyl (C=O) groups is 2. The van der Waals surface area contributed by atoms with Crippen LogP contribution < -0.4 is 15.5 Å². The van der Waals surface area contributed by atoms with Gasteiger partial charge in [0, 0.05) is 22.5 Å². The molecule has 3 N–H and O–H groups in total. The highest BCUT2D eigenvalue weighted by atomic mass is 32.1. The molecule has 2 atom stereocenters. The molecular formula is C20H20N3O2S2+. The third-order valence-electron chi connectivity index (χ3n) is 4.67. The van der Waals surface area contributed by atoms with Crippen molar-refractivity contribution in [2.75, 3.05) is 18.4 Å². The van der Waals surface area contributed by atoms with Crippen LogP contribution in [0.15, 0.2) is 59.3 Å². The highest BCUT2D eigenvalue weighted by molar-refractivity contribution is 7.10. The van der Waals surface area contributed by atoms with E-state index in [0.717, 1.165) is 13.0 Å². The molecule has 0 saturated carbocycles. The van der Waals surface area contributed by atoms with E-state index >= 15 is 0 Å². The zero-order chi connectivity index (χ0) is 18.6. The largest absolute Gasteiger partial charge is 0.326 e. The number of rotatable bonds is 4. The lowest BCUT2D eigenvalue weighted by Gasteiger charge is -2.31. The molecule has 3 heterocycles. The van der Waals surface area contributed by atoms with Crippen molar-refractivity contribution in [3.05, 3.63) is 74.6 Å². The number of anilines is 1. The summed E-state index contributed by atoms with van der Waals surface area (Å²) in [5, 5.41) is 9.34. The average molecular weight is 399 g/mol. The first-order chi connectivity index (χ1) is 13.2. The highest BCUT2D eigenvalue weighted by Gasteiger charge is 2.35. The van der Waals surface area contributed by atoms with E-state index in [1.54, 1.807) is 34.8 Å². The van der Waals surface area contributed by atoms with E-state index in [-0.39, 0.29) is 18.5 Å². The van der Waals surface area contributed by atoms with Crippen LogP contribution in [0.4, 0.5) is 10.5 Å². The van der Waals surface area contributed by atoms with Crippen molar-refractivity contribution in [2.45, 2.75) is 12.5 Å². The van der Waals surface area contributed by atoms with Gasteiger partial charge in [-0.2, -0.15) is 0 Å². The second-order valence-electron chi connectivity index (χ2n) is 6.45. The van der Waals surface area contributed by atoms with Crippen LogP contribution >= 0.6 is 22.7 Å². The number of para-hydroxylation sites is 1. The number of carbonyl (C=O) groups excluding carboxylic acids is 2. The zero-order valence-electron chi connectivity index (χ0n) is 14.6. The van der Waals surface area contributed by atoms with Crippen LogP contribution in [0.2, 0.25) is 0 Å². The normalized spacial score (nSPS) is 18.5. The van der Waals surface area contributed by atoms with Gasteiger partial charge in [0.1, 0.15) is 6.04 Å². The minimum Gasteiger partial charge on any atom is -0.316 e. The summed E-state index contributed by atoms with van der Waals surface area (Å²) in [6.07, 6.45) is 0.966. The van der Waals surface area contributed by atoms with Crippen molar-refractivity contribution >= 4 is 40.3 Å². The van der Waals surface area contributed by atoms with E-state index < -0.39 is 6.03 Å². The van der Waals surface area contributed by atoms with Crippen LogP contribution in [-0.4, -0.2) is 25.0 Å². The Balaban J connectivity index is 1.43. The van der Waals surface area contributed by atoms with Gasteiger partial charge in [-0.3, -0.25) is 10.1 Å². The summed E-state index contributed by atoms with van der Waals surface area (Å²) < 4.78 is 0. The molecule has 3 aromatic rings. The molecule has 0 spiro atoms. The number of benzene rings is 1. The van der Waals surface area contributed by atoms with E-state index in [0.29, 0.717) is 5.69 Å². The average Bonchev–Trinajstić information content (AvgIpc) is 3.34. The molecule has 1 aliphatic heterocycles. The maximum atomic E-state index is 12.5. The van der Waals surface area contributed by atoms with Crippen molar-refractivity contribution in [2.24, 2.45) is 0 Å². The number of quaternary nitrogens is 1. The molecule has 5 nitrogen and oxygen atoms in total. The molecule has 0 fully saturated rings. The maximum absolute atomic E-state index is 12.5. The molecule has 1 aliphatic rings. The van der Waals surface area contributed by atoms with Gasteiger partial charge >= 0.3 is 6.03 Å². The van der Waals surface area contributed by atoms with Gasteiger partial charge in [-0.05, 0) is 35.0 Å². The highest BCUT2D eigenvalue weighted by Crippen LogP contribution is 2.31. The minimum absolute atomic E-state index is 0.155. The first kappa shape index (κ1) is 17.9. The second kappa shape index (κ2) is 8.04. The number of imide groups is 1. The molecule has 0 saturated heterocycles. The molecule has 7 heteroatoms. The fourth-order valence-corrected chi connectivity index (χ4v) is 5.33. The van der Waals surface area contributed by atoms with E-state index in [4.69, 9.17) is 0 Å². The number of amides is 3. The van der Waals surface area contributed by atoms with E-state index in [9.17, 15) is 9.59 Å². The number of nitrogens with one attached hydrogen (secondary N) is 3. The monoisotopic (exact) mass is 398 g/mol. The Labute approximate surface area is 165 Å². The fraction of sp³-hybridized carbons (Fsp3) is 0.200. The van der Waals surface area contributed by atoms with Crippen molar-refractivity contribution in [3.8, 4) is 0 Å². The van der Waals surface area contributed by atoms with Gasteiger partial charge in [0.2, 0.25) is 0 Å². The summed E-state index contributed by atoms with van der Waals surface area (Å²) in [6, 6.07) is 15.1. The molecule has 4 rings (SSSR count). The predicted octanol–water partition coefficient (Wildman–Crippen LogP) is 2.69. The molecule has 0 bridgehead atoms. The lowest BCUT2D eigenvalue weighted by atomic mass is 9.98. The molecule has 0 aliphatic carbocycles. The van der Waals surface area contributed by atoms with Gasteiger partial charge in [-0.15, -0.1) is 22.7 Å². The van der Waals surface area contributed by atoms with Crippen LogP contribution in [-0.2, 0) is 11.2 Å². The number of urea groups is 1. The van der Waals surface area contributed by atoms with Gasteiger partial charge in [0.05, 0.1) is 11.4 Å². The van der Waals surface area contributed by atoms with Gasteiger partial charge in [0.25, 0.3) is 5.91 Å². The summed E-state index contributed by atoms with van der Waals surface area (Å²) in [6.45, 7) is 1.14. The van der Waals surface area contributed by atoms with Crippen LogP contribution in [0.1, 0.15) is 21.4 Å². The Hall–Kier alpha value is -2.48. The molecule has 27 heavy (non-hydrogen) atoms. The SMILES string of the molecule is O=C(C[NH+]1CCc2sccc2[C@@H]1c1cccs1)NC(=O)Nc1ccccc1. The summed E-state index contributed by atoms with van der Waals surface area (Å²) in [5.41, 5.74) is 1.97. The predicted molar refractivity (Wildman–Crippen MR) is 108 cm³/mol. The number of thiophene rings is 2. The minimum atomic E-state index is -0.494. The van der Waals surface area contributed by atoms with Gasteiger partial charge in [-0.25, -0.2) is 4.79 Å². The van der Waals surface area contributed by atoms with Crippen molar-refractivity contribution in [1.82, 2.24) is 5.32 Å². The van der Waals surface area contributed by atoms with E-state index in [1.165, 1.54) is 20.2 Å². The summed E-state index contributed by atoms with van der Waals surface area (Å²) in [5.74, 6) is -0.265. The third kappa shape index (κ3) is 4.10. The smallest absolute Gasteiger partial charge is 0.316 e. The van der Waals surface area contributed by atoms with E-state index in [2.05, 4.69) is 33.5 Å². The summed E-state index contributed by atoms with van der Waals surface area (Å²) >= 11 is 3.50. The Morgan fingerprint density at radius 3 is 2.67 bits per heavy atom. The molecule has 2 aromatic heterocycles. The Bertz CT molecular complexity index is 922. The standard InChI is InChI=1S/C20H19N3O2S2/c24-18(22-20(25)21-14-5-2-1-3-6-14)13-23-10-8-16-15(9-12-27-16)19(23)17-7-4-11-26-17/h1-7,9,11-12,19H,8,10,13H2,(H2,21,22,24,25)/p+1/t19-/m1/s1. The van der Waals surface area contributed by atoms with Crippen LogP contribution in [0.5, 0.6) is 0 Å². The van der Waals surface area contributed by atoms with Crippen LogP contribution in [0.25, 0.3) is 0 Å². The summed E-state index contributed by atoms with van der Waals surface area (Å²) in [4.78, 5) is 28.4. The molecule has 1 unspecified atom stereocenters. The number of fused-ring (bicyclic) bond motifs is 1. The van der Waals surface area contributed by atoms with E-state index in [1.807, 2.05) is 24.3 Å². The number of hydrogen-bond donors (Lipinski definition) is 3. The van der Waals surface area contributed by atoms with Gasteiger partial charge < -0.3 is 10.2 Å². The van der Waals surface area contributed by atoms with Crippen molar-refractivity contribution in [1.29, 1.82) is 0 Å². The first-order valence-electron chi connectivity index (χ1n) is 8.81. The zero-order valence-corrected chi connectivity index (χ0v) is 16.2. The summed E-state index contributed by atoms with van der Waals surface area (Å²) in [7, 11) is 0.